The Morgan fingerprint density at radius 2 is 2.14 bits per heavy atom. The molecule has 5 nitrogen and oxygen atoms in total. The monoisotopic (exact) mass is 284 g/mol. The summed E-state index contributed by atoms with van der Waals surface area (Å²) >= 11 is 0. The van der Waals surface area contributed by atoms with Crippen molar-refractivity contribution in [3.63, 3.8) is 0 Å². The molecule has 1 saturated carbocycles. The van der Waals surface area contributed by atoms with E-state index in [4.69, 9.17) is 4.42 Å². The summed E-state index contributed by atoms with van der Waals surface area (Å²) in [6.45, 7) is 0. The Morgan fingerprint density at radius 1 is 1.33 bits per heavy atom. The Kier molecular flexibility index (Phi) is 3.56. The maximum atomic E-state index is 12.2. The van der Waals surface area contributed by atoms with Gasteiger partial charge in [-0.2, -0.15) is 0 Å². The van der Waals surface area contributed by atoms with Crippen LogP contribution in [0.2, 0.25) is 0 Å². The van der Waals surface area contributed by atoms with Crippen LogP contribution < -0.4 is 10.5 Å². The van der Waals surface area contributed by atoms with Crippen LogP contribution in [0.1, 0.15) is 19.3 Å². The number of carbonyl (C=O) groups is 1. The van der Waals surface area contributed by atoms with Gasteiger partial charge in [0, 0.05) is 30.9 Å². The first-order valence-electron chi connectivity index (χ1n) is 6.99. The molecule has 0 atom stereocenters. The minimum atomic E-state index is -0.508. The maximum absolute atomic E-state index is 12.2. The highest BCUT2D eigenvalue weighted by Gasteiger charge is 2.29. The van der Waals surface area contributed by atoms with E-state index in [0.717, 1.165) is 24.8 Å². The molecule has 0 saturated heterocycles. The summed E-state index contributed by atoms with van der Waals surface area (Å²) in [6, 6.07) is 6.91. The average Bonchev–Trinajstić information content (AvgIpc) is 2.45. The number of nitrogens with zero attached hydrogens (tertiary/aromatic N) is 2. The predicted molar refractivity (Wildman–Crippen MR) is 79.0 cm³/mol. The van der Waals surface area contributed by atoms with Gasteiger partial charge in [-0.1, -0.05) is 6.42 Å². The molecular weight excluding hydrogens is 268 g/mol. The third-order valence-electron chi connectivity index (χ3n) is 3.90. The Balaban J connectivity index is 1.88. The molecule has 2 aromatic rings. The summed E-state index contributed by atoms with van der Waals surface area (Å²) in [5, 5.41) is 0. The SMILES string of the molecule is CN(C(=O)C1CCC1)c1ccc(-c2cccnc2)oc1=O. The summed E-state index contributed by atoms with van der Waals surface area (Å²) in [7, 11) is 1.62. The van der Waals surface area contributed by atoms with Crippen molar-refractivity contribution in [1.82, 2.24) is 4.98 Å². The van der Waals surface area contributed by atoms with E-state index in [1.54, 1.807) is 37.6 Å². The molecule has 1 fully saturated rings. The molecule has 2 aromatic heterocycles. The minimum absolute atomic E-state index is 0.0114. The highest BCUT2D eigenvalue weighted by atomic mass is 16.4. The van der Waals surface area contributed by atoms with Crippen LogP contribution in [0.15, 0.2) is 45.9 Å². The van der Waals surface area contributed by atoms with Gasteiger partial charge in [-0.05, 0) is 37.1 Å². The Labute approximate surface area is 122 Å². The number of hydrogen-bond donors (Lipinski definition) is 0. The van der Waals surface area contributed by atoms with E-state index >= 15 is 0 Å². The summed E-state index contributed by atoms with van der Waals surface area (Å²) in [5.41, 5.74) is 0.500. The van der Waals surface area contributed by atoms with E-state index in [0.29, 0.717) is 5.76 Å². The fourth-order valence-electron chi connectivity index (χ4n) is 2.37. The molecule has 1 amide bonds. The van der Waals surface area contributed by atoms with Gasteiger partial charge in [-0.15, -0.1) is 0 Å². The van der Waals surface area contributed by atoms with Crippen molar-refractivity contribution in [1.29, 1.82) is 0 Å². The molecule has 21 heavy (non-hydrogen) atoms. The van der Waals surface area contributed by atoms with Crippen LogP contribution in [0.3, 0.4) is 0 Å². The molecule has 0 aromatic carbocycles. The van der Waals surface area contributed by atoms with Gasteiger partial charge in [0.1, 0.15) is 11.4 Å². The normalized spacial score (nSPS) is 14.5. The number of rotatable bonds is 3. The predicted octanol–water partition coefficient (Wildman–Crippen LogP) is 2.46. The zero-order valence-corrected chi connectivity index (χ0v) is 11.8. The zero-order chi connectivity index (χ0) is 14.8. The van der Waals surface area contributed by atoms with Crippen molar-refractivity contribution in [2.45, 2.75) is 19.3 Å². The molecule has 1 aliphatic rings. The van der Waals surface area contributed by atoms with Crippen LogP contribution in [0.25, 0.3) is 11.3 Å². The van der Waals surface area contributed by atoms with Crippen LogP contribution in [-0.4, -0.2) is 17.9 Å². The van der Waals surface area contributed by atoms with E-state index in [2.05, 4.69) is 4.98 Å². The second-order valence-electron chi connectivity index (χ2n) is 5.24. The summed E-state index contributed by atoms with van der Waals surface area (Å²) in [6.07, 6.45) is 6.17. The first kappa shape index (κ1) is 13.5. The van der Waals surface area contributed by atoms with Crippen molar-refractivity contribution in [3.05, 3.63) is 47.1 Å². The smallest absolute Gasteiger partial charge is 0.360 e. The van der Waals surface area contributed by atoms with Crippen molar-refractivity contribution in [2.75, 3.05) is 11.9 Å². The molecule has 0 N–H and O–H groups in total. The maximum Gasteiger partial charge on any atom is 0.360 e. The van der Waals surface area contributed by atoms with E-state index in [1.807, 2.05) is 6.07 Å². The fourth-order valence-corrected chi connectivity index (χ4v) is 2.37. The second-order valence-corrected chi connectivity index (χ2v) is 5.24. The van der Waals surface area contributed by atoms with Crippen LogP contribution in [0.4, 0.5) is 5.69 Å². The van der Waals surface area contributed by atoms with Crippen molar-refractivity contribution < 1.29 is 9.21 Å². The standard InChI is InChI=1S/C16H16N2O3/c1-18(15(19)11-4-2-5-11)13-7-8-14(21-16(13)20)12-6-3-9-17-10-12/h3,6-11H,2,4-5H2,1H3. The Bertz CT molecular complexity index is 705. The molecule has 0 radical (unpaired) electrons. The quantitative estimate of drug-likeness (QED) is 0.868. The average molecular weight is 284 g/mol. The van der Waals surface area contributed by atoms with E-state index < -0.39 is 5.63 Å². The largest absolute Gasteiger partial charge is 0.421 e. The first-order valence-corrected chi connectivity index (χ1v) is 6.99. The van der Waals surface area contributed by atoms with Crippen LogP contribution in [-0.2, 0) is 4.79 Å². The topological polar surface area (TPSA) is 63.4 Å². The Morgan fingerprint density at radius 3 is 2.71 bits per heavy atom. The lowest BCUT2D eigenvalue weighted by Gasteiger charge is -2.28. The van der Waals surface area contributed by atoms with Gasteiger partial charge in [-0.3, -0.25) is 9.78 Å². The Hall–Kier alpha value is -2.43. The molecule has 0 bridgehead atoms. The van der Waals surface area contributed by atoms with Gasteiger partial charge >= 0.3 is 5.63 Å². The van der Waals surface area contributed by atoms with Crippen molar-refractivity contribution >= 4 is 11.6 Å². The van der Waals surface area contributed by atoms with Crippen LogP contribution in [0.5, 0.6) is 0 Å². The zero-order valence-electron chi connectivity index (χ0n) is 11.8. The first-order chi connectivity index (χ1) is 10.2. The number of anilines is 1. The number of amides is 1. The van der Waals surface area contributed by atoms with Gasteiger partial charge in [-0.25, -0.2) is 4.79 Å². The fraction of sp³-hybridized carbons (Fsp3) is 0.312. The molecule has 2 heterocycles. The molecule has 0 unspecified atom stereocenters. The molecule has 3 rings (SSSR count). The van der Waals surface area contributed by atoms with Crippen LogP contribution in [0, 0.1) is 5.92 Å². The molecule has 108 valence electrons. The summed E-state index contributed by atoms with van der Waals surface area (Å²) < 4.78 is 5.31. The highest BCUT2D eigenvalue weighted by molar-refractivity contribution is 5.94. The van der Waals surface area contributed by atoms with Gasteiger partial charge in [0.25, 0.3) is 0 Å². The molecular formula is C16H16N2O3. The molecule has 1 aliphatic carbocycles. The van der Waals surface area contributed by atoms with Gasteiger partial charge < -0.3 is 9.32 Å². The van der Waals surface area contributed by atoms with E-state index in [9.17, 15) is 9.59 Å². The number of aromatic nitrogens is 1. The molecule has 5 heteroatoms. The minimum Gasteiger partial charge on any atom is -0.421 e. The lowest BCUT2D eigenvalue weighted by molar-refractivity contribution is -0.124. The third kappa shape index (κ3) is 2.59. The van der Waals surface area contributed by atoms with Gasteiger partial charge in [0.15, 0.2) is 0 Å². The van der Waals surface area contributed by atoms with Crippen LogP contribution >= 0.6 is 0 Å². The van der Waals surface area contributed by atoms with Crippen molar-refractivity contribution in [3.8, 4) is 11.3 Å². The summed E-state index contributed by atoms with van der Waals surface area (Å²) in [4.78, 5) is 29.7. The van der Waals surface area contributed by atoms with E-state index in [1.165, 1.54) is 4.90 Å². The third-order valence-corrected chi connectivity index (χ3v) is 3.90. The molecule has 0 aliphatic heterocycles. The highest BCUT2D eigenvalue weighted by Crippen LogP contribution is 2.29. The second kappa shape index (κ2) is 5.52. The van der Waals surface area contributed by atoms with Gasteiger partial charge in [0.05, 0.1) is 0 Å². The van der Waals surface area contributed by atoms with Crippen molar-refractivity contribution in [2.24, 2.45) is 5.92 Å². The number of carbonyl (C=O) groups excluding carboxylic acids is 1. The van der Waals surface area contributed by atoms with E-state index in [-0.39, 0.29) is 17.5 Å². The number of pyridine rings is 1. The molecule has 0 spiro atoms. The summed E-state index contributed by atoms with van der Waals surface area (Å²) in [5.74, 6) is 0.483. The number of hydrogen-bond acceptors (Lipinski definition) is 4. The van der Waals surface area contributed by atoms with Gasteiger partial charge in [0.2, 0.25) is 5.91 Å². The lowest BCUT2D eigenvalue weighted by atomic mass is 9.84. The lowest BCUT2D eigenvalue weighted by Crippen LogP contribution is -2.38.